The van der Waals surface area contributed by atoms with Gasteiger partial charge in [-0.1, -0.05) is 36.4 Å². The van der Waals surface area contributed by atoms with Crippen molar-refractivity contribution in [1.29, 1.82) is 0 Å². The lowest BCUT2D eigenvalue weighted by Crippen LogP contribution is -2.19. The van der Waals surface area contributed by atoms with Crippen LogP contribution in [0.25, 0.3) is 5.69 Å². The van der Waals surface area contributed by atoms with Crippen LogP contribution in [0.2, 0.25) is 0 Å². The third-order valence-corrected chi connectivity index (χ3v) is 3.50. The molecule has 0 aliphatic rings. The highest BCUT2D eigenvalue weighted by Crippen LogP contribution is 2.22. The Balaban J connectivity index is 2.04. The van der Waals surface area contributed by atoms with Gasteiger partial charge >= 0.3 is 0 Å². The highest BCUT2D eigenvalue weighted by atomic mass is 15.4. The second kappa shape index (κ2) is 5.85. The largest absolute Gasteiger partial charge is 0.318 e. The molecule has 2 aromatic heterocycles. The maximum Gasteiger partial charge on any atom is 0.0920 e. The molecule has 1 atom stereocenters. The van der Waals surface area contributed by atoms with Crippen LogP contribution in [0.5, 0.6) is 0 Å². The van der Waals surface area contributed by atoms with E-state index < -0.39 is 0 Å². The van der Waals surface area contributed by atoms with Gasteiger partial charge in [0.25, 0.3) is 0 Å². The minimum Gasteiger partial charge on any atom is -0.318 e. The molecule has 21 heavy (non-hydrogen) atoms. The van der Waals surface area contributed by atoms with Gasteiger partial charge in [-0.05, 0) is 30.2 Å². The lowest BCUT2D eigenvalue weighted by molar-refractivity contribution is 0.701. The second-order valence-corrected chi connectivity index (χ2v) is 4.79. The van der Waals surface area contributed by atoms with Crippen molar-refractivity contribution in [2.75, 3.05) is 0 Å². The molecule has 3 rings (SSSR count). The summed E-state index contributed by atoms with van der Waals surface area (Å²) in [6.45, 7) is 2.10. The molecule has 106 valence electrons. The van der Waals surface area contributed by atoms with Gasteiger partial charge in [0.15, 0.2) is 0 Å². The van der Waals surface area contributed by atoms with Crippen LogP contribution >= 0.6 is 0 Å². The first-order valence-electron chi connectivity index (χ1n) is 6.96. The van der Waals surface area contributed by atoms with Crippen LogP contribution in [0.3, 0.4) is 0 Å². The van der Waals surface area contributed by atoms with Crippen molar-refractivity contribution in [3.05, 3.63) is 71.8 Å². The number of rotatable bonds is 4. The summed E-state index contributed by atoms with van der Waals surface area (Å²) in [5, 5.41) is 8.15. The number of nitrogens with zero attached hydrogens (tertiary/aromatic N) is 4. The van der Waals surface area contributed by atoms with Crippen molar-refractivity contribution in [3.63, 3.8) is 0 Å². The molecular formula is C16H17N5. The lowest BCUT2D eigenvalue weighted by Gasteiger charge is -2.15. The molecule has 0 saturated carbocycles. The van der Waals surface area contributed by atoms with Gasteiger partial charge in [0.2, 0.25) is 0 Å². The van der Waals surface area contributed by atoms with Crippen molar-refractivity contribution < 1.29 is 0 Å². The third-order valence-electron chi connectivity index (χ3n) is 3.50. The minimum atomic E-state index is -0.351. The summed E-state index contributed by atoms with van der Waals surface area (Å²) in [6.07, 6.45) is 4.36. The van der Waals surface area contributed by atoms with Gasteiger partial charge in [-0.15, -0.1) is 5.10 Å². The van der Waals surface area contributed by atoms with Crippen LogP contribution in [0.1, 0.15) is 29.9 Å². The molecule has 0 amide bonds. The van der Waals surface area contributed by atoms with Gasteiger partial charge in [0.05, 0.1) is 29.3 Å². The van der Waals surface area contributed by atoms with E-state index in [2.05, 4.69) is 28.3 Å². The van der Waals surface area contributed by atoms with Crippen LogP contribution in [-0.2, 0) is 6.42 Å². The summed E-state index contributed by atoms with van der Waals surface area (Å²) < 4.78 is 1.76. The summed E-state index contributed by atoms with van der Waals surface area (Å²) in [6, 6.07) is 13.5. The Hall–Kier alpha value is -2.53. The number of pyridine rings is 1. The number of aryl methyl sites for hydroxylation is 1. The first-order valence-corrected chi connectivity index (χ1v) is 6.96. The van der Waals surface area contributed by atoms with Crippen LogP contribution in [0.15, 0.2) is 54.9 Å². The van der Waals surface area contributed by atoms with Gasteiger partial charge in [0.1, 0.15) is 0 Å². The van der Waals surface area contributed by atoms with Crippen molar-refractivity contribution >= 4 is 0 Å². The second-order valence-electron chi connectivity index (χ2n) is 4.79. The van der Waals surface area contributed by atoms with Crippen molar-refractivity contribution in [3.8, 4) is 5.69 Å². The molecule has 2 heterocycles. The molecule has 0 fully saturated rings. The van der Waals surface area contributed by atoms with E-state index in [1.165, 1.54) is 0 Å². The highest BCUT2D eigenvalue weighted by Gasteiger charge is 2.19. The fourth-order valence-corrected chi connectivity index (χ4v) is 2.39. The predicted octanol–water partition coefficient (Wildman–Crippen LogP) is 2.27. The smallest absolute Gasteiger partial charge is 0.0920 e. The third kappa shape index (κ3) is 2.55. The molecule has 0 aliphatic heterocycles. The van der Waals surface area contributed by atoms with E-state index in [0.29, 0.717) is 0 Å². The van der Waals surface area contributed by atoms with Crippen LogP contribution in [0.4, 0.5) is 0 Å². The first-order chi connectivity index (χ1) is 10.3. The average molecular weight is 279 g/mol. The Labute approximate surface area is 123 Å². The van der Waals surface area contributed by atoms with E-state index in [-0.39, 0.29) is 6.04 Å². The standard InChI is InChI=1S/C16H17N5/c1-2-12-7-6-10-18-16(12)15(17)14-11-19-20-21(14)13-8-4-3-5-9-13/h3-11,15H,2,17H2,1H3. The van der Waals surface area contributed by atoms with Gasteiger partial charge in [0, 0.05) is 6.20 Å². The fourth-order valence-electron chi connectivity index (χ4n) is 2.39. The van der Waals surface area contributed by atoms with Gasteiger partial charge in [-0.25, -0.2) is 4.68 Å². The maximum absolute atomic E-state index is 6.41. The number of para-hydroxylation sites is 1. The monoisotopic (exact) mass is 279 g/mol. The van der Waals surface area contributed by atoms with Gasteiger partial charge < -0.3 is 5.73 Å². The molecule has 5 nitrogen and oxygen atoms in total. The molecule has 0 saturated heterocycles. The molecule has 2 N–H and O–H groups in total. The van der Waals surface area contributed by atoms with Crippen LogP contribution in [-0.4, -0.2) is 20.0 Å². The molecule has 0 spiro atoms. The van der Waals surface area contributed by atoms with Crippen molar-refractivity contribution in [2.45, 2.75) is 19.4 Å². The zero-order valence-electron chi connectivity index (χ0n) is 11.8. The summed E-state index contributed by atoms with van der Waals surface area (Å²) >= 11 is 0. The number of hydrogen-bond donors (Lipinski definition) is 1. The van der Waals surface area contributed by atoms with E-state index in [1.807, 2.05) is 36.4 Å². The number of aromatic nitrogens is 4. The zero-order chi connectivity index (χ0) is 14.7. The van der Waals surface area contributed by atoms with Crippen molar-refractivity contribution in [2.24, 2.45) is 5.73 Å². The Morgan fingerprint density at radius 2 is 1.95 bits per heavy atom. The number of benzene rings is 1. The van der Waals surface area contributed by atoms with Crippen molar-refractivity contribution in [1.82, 2.24) is 20.0 Å². The Bertz CT molecular complexity index is 720. The van der Waals surface area contributed by atoms with Crippen LogP contribution < -0.4 is 5.73 Å². The van der Waals surface area contributed by atoms with Gasteiger partial charge in [-0.2, -0.15) is 0 Å². The fraction of sp³-hybridized carbons (Fsp3) is 0.188. The van der Waals surface area contributed by atoms with E-state index in [4.69, 9.17) is 5.73 Å². The summed E-state index contributed by atoms with van der Waals surface area (Å²) in [7, 11) is 0. The molecule has 0 radical (unpaired) electrons. The van der Waals surface area contributed by atoms with E-state index >= 15 is 0 Å². The van der Waals surface area contributed by atoms with E-state index in [9.17, 15) is 0 Å². The Morgan fingerprint density at radius 3 is 2.71 bits per heavy atom. The Morgan fingerprint density at radius 1 is 1.14 bits per heavy atom. The quantitative estimate of drug-likeness (QED) is 0.795. The SMILES string of the molecule is CCc1cccnc1C(N)c1cnnn1-c1ccccc1. The molecule has 3 aromatic rings. The molecule has 1 unspecified atom stereocenters. The number of nitrogens with two attached hydrogens (primary N) is 1. The minimum absolute atomic E-state index is 0.351. The molecular weight excluding hydrogens is 262 g/mol. The maximum atomic E-state index is 6.41. The summed E-state index contributed by atoms with van der Waals surface area (Å²) in [5.74, 6) is 0. The van der Waals surface area contributed by atoms with Gasteiger partial charge in [-0.3, -0.25) is 4.98 Å². The summed E-state index contributed by atoms with van der Waals surface area (Å²) in [5.41, 5.74) is 10.2. The predicted molar refractivity (Wildman–Crippen MR) is 81.0 cm³/mol. The molecule has 5 heteroatoms. The zero-order valence-corrected chi connectivity index (χ0v) is 11.8. The normalized spacial score (nSPS) is 12.3. The molecule has 0 aliphatic carbocycles. The lowest BCUT2D eigenvalue weighted by atomic mass is 10.0. The van der Waals surface area contributed by atoms with E-state index in [1.54, 1.807) is 17.1 Å². The molecule has 0 bridgehead atoms. The summed E-state index contributed by atoms with van der Waals surface area (Å²) in [4.78, 5) is 4.45. The average Bonchev–Trinajstić information content (AvgIpc) is 3.04. The van der Waals surface area contributed by atoms with Crippen LogP contribution in [0, 0.1) is 0 Å². The molecule has 1 aromatic carbocycles. The highest BCUT2D eigenvalue weighted by molar-refractivity contribution is 5.35. The number of hydrogen-bond acceptors (Lipinski definition) is 4. The Kier molecular flexibility index (Phi) is 3.75. The topological polar surface area (TPSA) is 69.6 Å². The van der Waals surface area contributed by atoms with E-state index in [0.717, 1.165) is 29.1 Å². The first kappa shape index (κ1) is 13.5.